The second kappa shape index (κ2) is 7.73. The van der Waals surface area contributed by atoms with Crippen molar-refractivity contribution in [3.63, 3.8) is 0 Å². The minimum absolute atomic E-state index is 0.0832. The van der Waals surface area contributed by atoms with Crippen molar-refractivity contribution in [2.45, 2.75) is 0 Å². The zero-order valence-corrected chi connectivity index (χ0v) is 16.7. The molecule has 0 unspecified atom stereocenters. The summed E-state index contributed by atoms with van der Waals surface area (Å²) in [6.45, 7) is 0. The van der Waals surface area contributed by atoms with Crippen LogP contribution in [0.4, 0.5) is 10.1 Å². The summed E-state index contributed by atoms with van der Waals surface area (Å²) in [5.74, 6) is -1.03. The molecular formula is C21H15Cl2FN4O. The maximum absolute atomic E-state index is 14.0. The number of aryl methyl sites for hydroxylation is 1. The SMILES string of the molecule is Cn1cccc1-c1cc(C(=O)Nc2ccccc2F)n(-c2ccc(Cl)c(Cl)c2)n1. The fourth-order valence-corrected chi connectivity index (χ4v) is 3.25. The van der Waals surface area contributed by atoms with Crippen LogP contribution >= 0.6 is 23.2 Å². The van der Waals surface area contributed by atoms with Crippen molar-refractivity contribution in [1.82, 2.24) is 14.3 Å². The Balaban J connectivity index is 1.81. The number of para-hydroxylation sites is 1. The quantitative estimate of drug-likeness (QED) is 0.461. The van der Waals surface area contributed by atoms with E-state index in [1.54, 1.807) is 36.4 Å². The molecule has 0 aliphatic heterocycles. The lowest BCUT2D eigenvalue weighted by Gasteiger charge is -2.09. The summed E-state index contributed by atoms with van der Waals surface area (Å²) < 4.78 is 17.3. The Morgan fingerprint density at radius 1 is 1.03 bits per heavy atom. The molecule has 5 nitrogen and oxygen atoms in total. The number of benzene rings is 2. The van der Waals surface area contributed by atoms with Crippen LogP contribution in [0.1, 0.15) is 10.5 Å². The maximum Gasteiger partial charge on any atom is 0.274 e. The van der Waals surface area contributed by atoms with Gasteiger partial charge < -0.3 is 9.88 Å². The first-order valence-electron chi connectivity index (χ1n) is 8.67. The van der Waals surface area contributed by atoms with E-state index in [9.17, 15) is 9.18 Å². The van der Waals surface area contributed by atoms with Gasteiger partial charge in [-0.25, -0.2) is 9.07 Å². The zero-order valence-electron chi connectivity index (χ0n) is 15.2. The first-order chi connectivity index (χ1) is 13.9. The van der Waals surface area contributed by atoms with Crippen LogP contribution in [0, 0.1) is 5.82 Å². The predicted octanol–water partition coefficient (Wildman–Crippen LogP) is 5.58. The summed E-state index contributed by atoms with van der Waals surface area (Å²) in [5, 5.41) is 7.90. The third-order valence-corrected chi connectivity index (χ3v) is 5.16. The number of nitrogens with one attached hydrogen (secondary N) is 1. The second-order valence-electron chi connectivity index (χ2n) is 6.36. The van der Waals surface area contributed by atoms with Gasteiger partial charge in [-0.05, 0) is 48.5 Å². The van der Waals surface area contributed by atoms with Crippen LogP contribution in [0.2, 0.25) is 10.0 Å². The maximum atomic E-state index is 14.0. The molecule has 2 heterocycles. The molecule has 2 aromatic carbocycles. The number of anilines is 1. The van der Waals surface area contributed by atoms with Crippen LogP contribution in [0.5, 0.6) is 0 Å². The largest absolute Gasteiger partial charge is 0.349 e. The molecule has 1 amide bonds. The van der Waals surface area contributed by atoms with Crippen molar-refractivity contribution in [1.29, 1.82) is 0 Å². The molecule has 1 N–H and O–H groups in total. The molecule has 0 bridgehead atoms. The molecule has 4 rings (SSSR count). The summed E-state index contributed by atoms with van der Waals surface area (Å²) in [4.78, 5) is 13.0. The molecule has 4 aromatic rings. The van der Waals surface area contributed by atoms with Gasteiger partial charge in [0.15, 0.2) is 0 Å². The molecule has 8 heteroatoms. The summed E-state index contributed by atoms with van der Waals surface area (Å²) in [6, 6.07) is 16.3. The van der Waals surface area contributed by atoms with Gasteiger partial charge in [0.05, 0.1) is 27.1 Å². The topological polar surface area (TPSA) is 51.9 Å². The highest BCUT2D eigenvalue weighted by Crippen LogP contribution is 2.27. The highest BCUT2D eigenvalue weighted by atomic mass is 35.5. The van der Waals surface area contributed by atoms with Gasteiger partial charge in [-0.15, -0.1) is 0 Å². The zero-order chi connectivity index (χ0) is 20.5. The number of halogens is 3. The molecule has 0 aliphatic carbocycles. The Morgan fingerprint density at radius 2 is 1.83 bits per heavy atom. The van der Waals surface area contributed by atoms with E-state index in [-0.39, 0.29) is 11.4 Å². The van der Waals surface area contributed by atoms with Gasteiger partial charge >= 0.3 is 0 Å². The predicted molar refractivity (Wildman–Crippen MR) is 112 cm³/mol. The Kier molecular flexibility index (Phi) is 5.13. The lowest BCUT2D eigenvalue weighted by atomic mass is 10.2. The Hall–Kier alpha value is -3.09. The number of amides is 1. The summed E-state index contributed by atoms with van der Waals surface area (Å²) in [7, 11) is 1.88. The number of carbonyl (C=O) groups excluding carboxylic acids is 1. The molecule has 0 fully saturated rings. The molecule has 29 heavy (non-hydrogen) atoms. The average molecular weight is 429 g/mol. The van der Waals surface area contributed by atoms with Crippen molar-refractivity contribution in [3.8, 4) is 17.1 Å². The van der Waals surface area contributed by atoms with Gasteiger partial charge in [0.1, 0.15) is 17.2 Å². The van der Waals surface area contributed by atoms with Crippen molar-refractivity contribution in [2.24, 2.45) is 7.05 Å². The summed E-state index contributed by atoms with van der Waals surface area (Å²) >= 11 is 12.2. The lowest BCUT2D eigenvalue weighted by Crippen LogP contribution is -2.17. The highest BCUT2D eigenvalue weighted by Gasteiger charge is 2.20. The van der Waals surface area contributed by atoms with Gasteiger partial charge in [-0.3, -0.25) is 4.79 Å². The van der Waals surface area contributed by atoms with E-state index < -0.39 is 11.7 Å². The van der Waals surface area contributed by atoms with Gasteiger partial charge in [0, 0.05) is 13.2 Å². The van der Waals surface area contributed by atoms with Gasteiger partial charge in [-0.1, -0.05) is 35.3 Å². The third kappa shape index (κ3) is 3.77. The highest BCUT2D eigenvalue weighted by molar-refractivity contribution is 6.42. The molecule has 0 atom stereocenters. The Morgan fingerprint density at radius 3 is 2.52 bits per heavy atom. The fourth-order valence-electron chi connectivity index (χ4n) is 2.96. The van der Waals surface area contributed by atoms with Crippen LogP contribution in [-0.2, 0) is 7.05 Å². The molecule has 0 spiro atoms. The first-order valence-corrected chi connectivity index (χ1v) is 9.42. The number of nitrogens with zero attached hydrogens (tertiary/aromatic N) is 3. The van der Waals surface area contributed by atoms with Crippen molar-refractivity contribution < 1.29 is 9.18 Å². The number of rotatable bonds is 4. The van der Waals surface area contributed by atoms with Crippen LogP contribution in [0.3, 0.4) is 0 Å². The molecule has 2 aromatic heterocycles. The van der Waals surface area contributed by atoms with E-state index in [0.29, 0.717) is 21.4 Å². The monoisotopic (exact) mass is 428 g/mol. The standard InChI is InChI=1S/C21H15Cl2FN4O/c1-27-10-4-7-19(27)18-12-20(21(29)25-17-6-3-2-5-16(17)24)28(26-18)13-8-9-14(22)15(23)11-13/h2-12H,1H3,(H,25,29). The lowest BCUT2D eigenvalue weighted by molar-refractivity contribution is 0.101. The van der Waals surface area contributed by atoms with Crippen LogP contribution in [0.25, 0.3) is 17.1 Å². The van der Waals surface area contributed by atoms with Gasteiger partial charge in [0.2, 0.25) is 0 Å². The second-order valence-corrected chi connectivity index (χ2v) is 7.18. The van der Waals surface area contributed by atoms with E-state index in [4.69, 9.17) is 23.2 Å². The molecular weight excluding hydrogens is 414 g/mol. The molecule has 0 saturated heterocycles. The molecule has 0 radical (unpaired) electrons. The smallest absolute Gasteiger partial charge is 0.274 e. The van der Waals surface area contributed by atoms with Crippen molar-refractivity contribution >= 4 is 34.8 Å². The molecule has 146 valence electrons. The average Bonchev–Trinajstić information content (AvgIpc) is 3.32. The normalized spacial score (nSPS) is 10.9. The van der Waals surface area contributed by atoms with E-state index in [2.05, 4.69) is 10.4 Å². The van der Waals surface area contributed by atoms with E-state index in [1.165, 1.54) is 16.8 Å². The van der Waals surface area contributed by atoms with Gasteiger partial charge in [-0.2, -0.15) is 5.10 Å². The summed E-state index contributed by atoms with van der Waals surface area (Å²) in [6.07, 6.45) is 1.88. The van der Waals surface area contributed by atoms with E-state index in [1.807, 2.05) is 29.9 Å². The Labute approximate surface area is 176 Å². The summed E-state index contributed by atoms with van der Waals surface area (Å²) in [5.41, 5.74) is 2.27. The minimum atomic E-state index is -0.524. The van der Waals surface area contributed by atoms with Gasteiger partial charge in [0.25, 0.3) is 5.91 Å². The number of aromatic nitrogens is 3. The van der Waals surface area contributed by atoms with Crippen LogP contribution < -0.4 is 5.32 Å². The minimum Gasteiger partial charge on any atom is -0.349 e. The third-order valence-electron chi connectivity index (χ3n) is 4.42. The number of hydrogen-bond donors (Lipinski definition) is 1. The fraction of sp³-hybridized carbons (Fsp3) is 0.0476. The number of carbonyl (C=O) groups is 1. The molecule has 0 saturated carbocycles. The van der Waals surface area contributed by atoms with Crippen molar-refractivity contribution in [3.05, 3.63) is 88.4 Å². The Bertz CT molecular complexity index is 1220. The van der Waals surface area contributed by atoms with E-state index in [0.717, 1.165) is 5.69 Å². The van der Waals surface area contributed by atoms with Crippen LogP contribution in [0.15, 0.2) is 66.9 Å². The molecule has 0 aliphatic rings. The van der Waals surface area contributed by atoms with Crippen molar-refractivity contribution in [2.75, 3.05) is 5.32 Å². The van der Waals surface area contributed by atoms with Crippen LogP contribution in [-0.4, -0.2) is 20.3 Å². The first kappa shape index (κ1) is 19.2. The van der Waals surface area contributed by atoms with E-state index >= 15 is 0 Å². The number of hydrogen-bond acceptors (Lipinski definition) is 2.